The van der Waals surface area contributed by atoms with Gasteiger partial charge in [0.25, 0.3) is 0 Å². The maximum Gasteiger partial charge on any atom is 0.208 e. The van der Waals surface area contributed by atoms with Gasteiger partial charge in [0, 0.05) is 38.4 Å². The molecule has 3 rings (SSSR count). The van der Waals surface area contributed by atoms with Crippen LogP contribution in [0.15, 0.2) is 46.2 Å². The van der Waals surface area contributed by atoms with Gasteiger partial charge in [-0.15, -0.1) is 0 Å². The predicted octanol–water partition coefficient (Wildman–Crippen LogP) is 3.79. The van der Waals surface area contributed by atoms with Gasteiger partial charge in [-0.05, 0) is 70.3 Å². The molecule has 0 aromatic heterocycles. The summed E-state index contributed by atoms with van der Waals surface area (Å²) in [6, 6.07) is 8.01. The summed E-state index contributed by atoms with van der Waals surface area (Å²) < 4.78 is 53.7. The molecule has 0 N–H and O–H groups in total. The highest BCUT2D eigenvalue weighted by Gasteiger charge is 2.26. The van der Waals surface area contributed by atoms with Crippen LogP contribution in [0, 0.1) is 11.6 Å². The van der Waals surface area contributed by atoms with Crippen LogP contribution in [-0.4, -0.2) is 59.6 Å². The minimum absolute atomic E-state index is 0.105. The summed E-state index contributed by atoms with van der Waals surface area (Å²) in [5.74, 6) is -2.25. The fourth-order valence-corrected chi connectivity index (χ4v) is 5.29. The van der Waals surface area contributed by atoms with Crippen LogP contribution < -0.4 is 9.80 Å². The Kier molecular flexibility index (Phi) is 6.98. The van der Waals surface area contributed by atoms with E-state index in [0.717, 1.165) is 56.5 Å². The van der Waals surface area contributed by atoms with Crippen LogP contribution in [0.1, 0.15) is 20.3 Å². The molecule has 5 nitrogen and oxygen atoms in total. The molecule has 0 amide bonds. The number of likely N-dealkylation sites (N-methyl/N-ethyl adjacent to an activating group) is 1. The van der Waals surface area contributed by atoms with E-state index in [1.807, 2.05) is 30.9 Å². The van der Waals surface area contributed by atoms with Gasteiger partial charge in [0.15, 0.2) is 11.6 Å². The van der Waals surface area contributed by atoms with E-state index in [9.17, 15) is 17.2 Å². The van der Waals surface area contributed by atoms with E-state index in [0.29, 0.717) is 18.8 Å². The largest absolute Gasteiger partial charge is 0.371 e. The summed E-state index contributed by atoms with van der Waals surface area (Å²) in [4.78, 5) is 6.38. The zero-order valence-electron chi connectivity index (χ0n) is 17.7. The number of hydrogen-bond donors (Lipinski definition) is 0. The van der Waals surface area contributed by atoms with E-state index in [1.54, 1.807) is 6.07 Å². The second-order valence-corrected chi connectivity index (χ2v) is 9.47. The maximum absolute atomic E-state index is 13.7. The lowest BCUT2D eigenvalue weighted by molar-refractivity contribution is 0.360. The van der Waals surface area contributed by atoms with Crippen molar-refractivity contribution in [1.29, 1.82) is 0 Å². The Labute approximate surface area is 177 Å². The first-order chi connectivity index (χ1) is 14.3. The lowest BCUT2D eigenvalue weighted by Crippen LogP contribution is -2.29. The summed E-state index contributed by atoms with van der Waals surface area (Å²) in [5, 5.41) is 0. The molecule has 8 heteroatoms. The molecule has 30 heavy (non-hydrogen) atoms. The van der Waals surface area contributed by atoms with E-state index in [4.69, 9.17) is 0 Å². The summed E-state index contributed by atoms with van der Waals surface area (Å²) in [5.41, 5.74) is 1.55. The number of hydrogen-bond acceptors (Lipinski definition) is 5. The smallest absolute Gasteiger partial charge is 0.208 e. The van der Waals surface area contributed by atoms with Crippen molar-refractivity contribution >= 4 is 21.2 Å². The molecule has 1 heterocycles. The number of rotatable bonds is 6. The minimum Gasteiger partial charge on any atom is -0.371 e. The molecule has 0 radical (unpaired) electrons. The lowest BCUT2D eigenvalue weighted by atomic mass is 10.2. The van der Waals surface area contributed by atoms with E-state index in [1.165, 1.54) is 0 Å². The first-order valence-corrected chi connectivity index (χ1v) is 11.8. The van der Waals surface area contributed by atoms with Crippen LogP contribution in [-0.2, 0) is 9.84 Å². The quantitative estimate of drug-likeness (QED) is 0.644. The number of nitrogens with zero attached hydrogens (tertiary/aromatic N) is 3. The molecule has 0 unspecified atom stereocenters. The summed E-state index contributed by atoms with van der Waals surface area (Å²) in [6.45, 7) is 8.92. The predicted molar refractivity (Wildman–Crippen MR) is 116 cm³/mol. The molecule has 1 saturated heterocycles. The fraction of sp³-hybridized carbons (Fsp3) is 0.455. The third kappa shape index (κ3) is 4.59. The Morgan fingerprint density at radius 2 is 1.67 bits per heavy atom. The fourth-order valence-electron chi connectivity index (χ4n) is 3.82. The molecule has 1 fully saturated rings. The Hall–Kier alpha value is -2.19. The summed E-state index contributed by atoms with van der Waals surface area (Å²) in [6.07, 6.45) is 1.03. The Morgan fingerprint density at radius 3 is 2.33 bits per heavy atom. The van der Waals surface area contributed by atoms with Gasteiger partial charge in [-0.25, -0.2) is 17.2 Å². The Morgan fingerprint density at radius 1 is 0.933 bits per heavy atom. The van der Waals surface area contributed by atoms with Crippen LogP contribution in [0.2, 0.25) is 0 Å². The van der Waals surface area contributed by atoms with Crippen LogP contribution in [0.25, 0.3) is 0 Å². The molecule has 0 bridgehead atoms. The van der Waals surface area contributed by atoms with E-state index >= 15 is 0 Å². The van der Waals surface area contributed by atoms with Crippen molar-refractivity contribution in [3.8, 4) is 0 Å². The minimum atomic E-state index is -4.01. The molecule has 1 aliphatic rings. The third-order valence-corrected chi connectivity index (χ3v) is 7.42. The molecule has 164 valence electrons. The Balaban J connectivity index is 2.08. The van der Waals surface area contributed by atoms with E-state index in [2.05, 4.69) is 16.8 Å². The molecule has 0 aliphatic carbocycles. The molecule has 1 aliphatic heterocycles. The van der Waals surface area contributed by atoms with Crippen molar-refractivity contribution in [2.75, 3.05) is 56.1 Å². The number of sulfone groups is 1. The second-order valence-electron chi connectivity index (χ2n) is 7.55. The average molecular weight is 438 g/mol. The van der Waals surface area contributed by atoms with Crippen LogP contribution in [0.4, 0.5) is 20.2 Å². The molecular weight excluding hydrogens is 408 g/mol. The van der Waals surface area contributed by atoms with Crippen molar-refractivity contribution in [2.24, 2.45) is 0 Å². The van der Waals surface area contributed by atoms with Crippen molar-refractivity contribution in [3.63, 3.8) is 0 Å². The highest BCUT2D eigenvalue weighted by Crippen LogP contribution is 2.34. The van der Waals surface area contributed by atoms with Gasteiger partial charge >= 0.3 is 0 Å². The van der Waals surface area contributed by atoms with Crippen molar-refractivity contribution in [2.45, 2.75) is 30.1 Å². The van der Waals surface area contributed by atoms with Crippen molar-refractivity contribution in [3.05, 3.63) is 48.0 Å². The van der Waals surface area contributed by atoms with Crippen molar-refractivity contribution in [1.82, 2.24) is 4.90 Å². The summed E-state index contributed by atoms with van der Waals surface area (Å²) >= 11 is 0. The van der Waals surface area contributed by atoms with Gasteiger partial charge in [-0.1, -0.05) is 0 Å². The highest BCUT2D eigenvalue weighted by molar-refractivity contribution is 7.91. The average Bonchev–Trinajstić information content (AvgIpc) is 2.95. The van der Waals surface area contributed by atoms with Gasteiger partial charge in [0.2, 0.25) is 9.84 Å². The monoisotopic (exact) mass is 437 g/mol. The van der Waals surface area contributed by atoms with Gasteiger partial charge in [-0.3, -0.25) is 0 Å². The number of anilines is 2. The molecular formula is C22H29F2N3O2S. The van der Waals surface area contributed by atoms with Crippen LogP contribution in [0.5, 0.6) is 0 Å². The maximum atomic E-state index is 13.7. The van der Waals surface area contributed by atoms with Gasteiger partial charge in [0.05, 0.1) is 15.5 Å². The molecule has 0 atom stereocenters. The van der Waals surface area contributed by atoms with Crippen molar-refractivity contribution < 1.29 is 17.2 Å². The van der Waals surface area contributed by atoms with Gasteiger partial charge in [0.1, 0.15) is 0 Å². The molecule has 2 aromatic carbocycles. The van der Waals surface area contributed by atoms with E-state index < -0.39 is 21.5 Å². The first kappa shape index (κ1) is 22.5. The van der Waals surface area contributed by atoms with Gasteiger partial charge < -0.3 is 14.7 Å². The zero-order chi connectivity index (χ0) is 21.9. The standard InChI is InChI=1S/C22H29F2N3O2S/c1-4-26(5-2)21-15-17(27-12-6-11-25(3)13-14-27)7-10-22(21)30(28,29)18-8-9-19(23)20(24)16-18/h7-10,15-16H,4-6,11-14H2,1-3H3. The normalized spacial score (nSPS) is 15.8. The second kappa shape index (κ2) is 9.31. The van der Waals surface area contributed by atoms with Crippen LogP contribution in [0.3, 0.4) is 0 Å². The lowest BCUT2D eigenvalue weighted by Gasteiger charge is -2.28. The highest BCUT2D eigenvalue weighted by atomic mass is 32.2. The zero-order valence-corrected chi connectivity index (χ0v) is 18.6. The molecule has 0 spiro atoms. The summed E-state index contributed by atoms with van der Waals surface area (Å²) in [7, 11) is -1.91. The number of halogens is 2. The van der Waals surface area contributed by atoms with Crippen LogP contribution >= 0.6 is 0 Å². The SMILES string of the molecule is CCN(CC)c1cc(N2CCCN(C)CC2)ccc1S(=O)(=O)c1ccc(F)c(F)c1. The van der Waals surface area contributed by atoms with Gasteiger partial charge in [-0.2, -0.15) is 0 Å². The first-order valence-electron chi connectivity index (χ1n) is 10.3. The number of benzene rings is 2. The van der Waals surface area contributed by atoms with E-state index in [-0.39, 0.29) is 9.79 Å². The molecule has 0 saturated carbocycles. The topological polar surface area (TPSA) is 43.9 Å². The Bertz CT molecular complexity index is 994. The molecule has 2 aromatic rings. The third-order valence-electron chi connectivity index (χ3n) is 5.62.